The van der Waals surface area contributed by atoms with Crippen molar-refractivity contribution in [1.29, 1.82) is 0 Å². The first-order valence-corrected chi connectivity index (χ1v) is 13.3. The van der Waals surface area contributed by atoms with Crippen molar-refractivity contribution in [2.24, 2.45) is 11.8 Å². The van der Waals surface area contributed by atoms with Crippen LogP contribution in [0, 0.1) is 11.8 Å². The van der Waals surface area contributed by atoms with E-state index in [0.717, 1.165) is 32.8 Å². The summed E-state index contributed by atoms with van der Waals surface area (Å²) in [5.74, 6) is -9.75. The second-order valence-corrected chi connectivity index (χ2v) is 11.1. The summed E-state index contributed by atoms with van der Waals surface area (Å²) in [5, 5.41) is 43.7. The molecule has 0 aliphatic carbocycles. The van der Waals surface area contributed by atoms with Crippen molar-refractivity contribution in [2.75, 3.05) is 21.1 Å². The van der Waals surface area contributed by atoms with E-state index >= 15 is 4.79 Å². The molecule has 5 N–H and O–H groups in total. The Balaban J connectivity index is 8.46. The molecule has 7 atom stereocenters. The Morgan fingerprint density at radius 1 is 0.825 bits per heavy atom. The van der Waals surface area contributed by atoms with Crippen molar-refractivity contribution in [3.8, 4) is 0 Å². The van der Waals surface area contributed by atoms with Gasteiger partial charge in [0, 0.05) is 14.1 Å². The molecule has 0 aromatic carbocycles. The van der Waals surface area contributed by atoms with Crippen LogP contribution in [-0.2, 0) is 28.8 Å². The molecule has 0 fully saturated rings. The number of aliphatic carboxylic acids is 1. The van der Waals surface area contributed by atoms with E-state index in [9.17, 15) is 44.4 Å². The molecule has 230 valence electrons. The first-order chi connectivity index (χ1) is 18.1. The van der Waals surface area contributed by atoms with Gasteiger partial charge in [-0.1, -0.05) is 34.1 Å². The average molecular weight is 574 g/mol. The Kier molecular flexibility index (Phi) is 12.8. The summed E-state index contributed by atoms with van der Waals surface area (Å²) in [4.78, 5) is 83.6. The lowest BCUT2D eigenvalue weighted by Gasteiger charge is -2.52. The number of carbonyl (C=O) groups is 6. The number of hydrogen-bond acceptors (Lipinski definition) is 10. The van der Waals surface area contributed by atoms with Crippen LogP contribution in [0.1, 0.15) is 68.2 Å². The number of Topliss-reactive ketones (excluding diaryl/α,β-unsaturated/α-hetero) is 3. The van der Waals surface area contributed by atoms with Gasteiger partial charge in [-0.05, 0) is 53.0 Å². The van der Waals surface area contributed by atoms with E-state index in [0.29, 0.717) is 11.8 Å². The molecule has 0 unspecified atom stereocenters. The summed E-state index contributed by atoms with van der Waals surface area (Å²) < 4.78 is 0. The molecule has 0 spiro atoms. The van der Waals surface area contributed by atoms with E-state index in [-0.39, 0.29) is 6.42 Å². The van der Waals surface area contributed by atoms with Gasteiger partial charge in [0.15, 0.2) is 22.6 Å². The first-order valence-electron chi connectivity index (χ1n) is 13.3. The van der Waals surface area contributed by atoms with Crippen LogP contribution in [-0.4, -0.2) is 121 Å². The Morgan fingerprint density at radius 2 is 1.25 bits per heavy atom. The predicted molar refractivity (Wildman–Crippen MR) is 145 cm³/mol. The van der Waals surface area contributed by atoms with E-state index in [2.05, 4.69) is 5.32 Å². The highest BCUT2D eigenvalue weighted by molar-refractivity contribution is 6.30. The Morgan fingerprint density at radius 3 is 1.57 bits per heavy atom. The van der Waals surface area contributed by atoms with Crippen molar-refractivity contribution in [1.82, 2.24) is 15.1 Å². The van der Waals surface area contributed by atoms with Gasteiger partial charge in [0.2, 0.25) is 11.4 Å². The van der Waals surface area contributed by atoms with Gasteiger partial charge in [-0.15, -0.1) is 0 Å². The molecule has 0 saturated carbocycles. The fourth-order valence-electron chi connectivity index (χ4n) is 5.04. The smallest absolute Gasteiger partial charge is 0.343 e. The van der Waals surface area contributed by atoms with Crippen LogP contribution in [0.5, 0.6) is 0 Å². The van der Waals surface area contributed by atoms with Crippen LogP contribution in [0.3, 0.4) is 0 Å². The maximum atomic E-state index is 15.2. The predicted octanol–water partition coefficient (Wildman–Crippen LogP) is -0.615. The molecule has 0 aliphatic heterocycles. The fourth-order valence-corrected chi connectivity index (χ4v) is 5.04. The zero-order valence-electron chi connectivity index (χ0n) is 25.4. The maximum absolute atomic E-state index is 15.2. The molecular weight excluding hydrogens is 526 g/mol. The van der Waals surface area contributed by atoms with Crippen LogP contribution in [0.15, 0.2) is 0 Å². The number of nitrogens with zero attached hydrogens (tertiary/aromatic N) is 2. The van der Waals surface area contributed by atoms with Crippen LogP contribution in [0.4, 0.5) is 0 Å². The lowest BCUT2D eigenvalue weighted by atomic mass is 9.62. The van der Waals surface area contributed by atoms with E-state index in [1.165, 1.54) is 20.9 Å². The third-order valence-corrected chi connectivity index (χ3v) is 7.66. The molecule has 0 saturated heterocycles. The summed E-state index contributed by atoms with van der Waals surface area (Å²) in [6.45, 7) is 10.5. The fraction of sp³-hybridized carbons (Fsp3) is 0.778. The highest BCUT2D eigenvalue weighted by Crippen LogP contribution is 2.41. The Hall–Kier alpha value is -2.74. The number of likely N-dealkylation sites (N-methyl/N-ethyl adjacent to an activating group) is 3. The first kappa shape index (κ1) is 37.3. The van der Waals surface area contributed by atoms with Gasteiger partial charge in [0.25, 0.3) is 11.8 Å². The van der Waals surface area contributed by atoms with Gasteiger partial charge < -0.3 is 35.5 Å². The average Bonchev–Trinajstić information content (AvgIpc) is 2.88. The highest BCUT2D eigenvalue weighted by Gasteiger charge is 2.68. The van der Waals surface area contributed by atoms with E-state index in [1.807, 2.05) is 0 Å². The van der Waals surface area contributed by atoms with Gasteiger partial charge in [-0.25, -0.2) is 4.79 Å². The monoisotopic (exact) mass is 573 g/mol. The van der Waals surface area contributed by atoms with Crippen LogP contribution < -0.4 is 5.32 Å². The molecule has 13 heteroatoms. The van der Waals surface area contributed by atoms with Crippen LogP contribution in [0.25, 0.3) is 0 Å². The van der Waals surface area contributed by atoms with Crippen molar-refractivity contribution in [3.05, 3.63) is 0 Å². The third kappa shape index (κ3) is 6.42. The number of carboxylic acid groups (broad SMARTS) is 1. The summed E-state index contributed by atoms with van der Waals surface area (Å²) in [7, 11) is 3.53. The molecule has 13 nitrogen and oxygen atoms in total. The van der Waals surface area contributed by atoms with Gasteiger partial charge in [0.05, 0.1) is 6.04 Å². The zero-order chi connectivity index (χ0) is 32.1. The van der Waals surface area contributed by atoms with E-state index in [1.54, 1.807) is 20.8 Å². The molecular formula is C27H47N3O10. The molecule has 0 rings (SSSR count). The van der Waals surface area contributed by atoms with Crippen LogP contribution >= 0.6 is 0 Å². The highest BCUT2D eigenvalue weighted by atomic mass is 16.4. The van der Waals surface area contributed by atoms with Gasteiger partial charge in [0.1, 0.15) is 12.2 Å². The van der Waals surface area contributed by atoms with E-state index in [4.69, 9.17) is 0 Å². The second kappa shape index (κ2) is 13.7. The standard InChI is InChI=1S/C27H47N3O10/c1-12-15(4)27(19(33)16(5)28-9,30(11)21(35)18(7)32)23(37)26(13-14(2)3,29(10)20(34)17(6)31)22(36)25(8,40)24(38)39/h14-18,28,31-32,40H,12-13H2,1-11H3,(H,38,39)/t15-,16-,17+,18+,25-,26-,27+/m0/s1. The molecule has 0 radical (unpaired) electrons. The van der Waals surface area contributed by atoms with Crippen molar-refractivity contribution < 1.29 is 49.2 Å². The quantitative estimate of drug-likeness (QED) is 0.147. The number of carboxylic acids is 1. The van der Waals surface area contributed by atoms with Crippen LogP contribution in [0.2, 0.25) is 0 Å². The van der Waals surface area contributed by atoms with Crippen molar-refractivity contribution in [2.45, 2.75) is 103 Å². The Bertz CT molecular complexity index is 993. The number of carbonyl (C=O) groups excluding carboxylic acids is 5. The number of ketones is 3. The normalized spacial score (nSPS) is 19.2. The lowest BCUT2D eigenvalue weighted by Crippen LogP contribution is -2.78. The molecule has 40 heavy (non-hydrogen) atoms. The van der Waals surface area contributed by atoms with Crippen molar-refractivity contribution >= 4 is 35.1 Å². The van der Waals surface area contributed by atoms with Crippen molar-refractivity contribution in [3.63, 3.8) is 0 Å². The minimum atomic E-state index is -3.23. The zero-order valence-corrected chi connectivity index (χ0v) is 25.4. The molecule has 0 heterocycles. The second-order valence-electron chi connectivity index (χ2n) is 11.1. The minimum Gasteiger partial charge on any atom is -0.479 e. The third-order valence-electron chi connectivity index (χ3n) is 7.66. The molecule has 0 aliphatic rings. The minimum absolute atomic E-state index is 0.0840. The number of hydrogen-bond donors (Lipinski definition) is 5. The summed E-state index contributed by atoms with van der Waals surface area (Å²) in [6.07, 6.45) is -3.94. The SMILES string of the molecule is CC[C@H](C)[C@@](C(=O)[C@H](C)NC)(C(=O)[C@](CC(C)C)(C(=O)[C@](C)(O)C(=O)O)N(C)C(=O)[C@@H](C)O)N(C)C(=O)[C@@H](C)O. The number of rotatable bonds is 16. The number of aliphatic hydroxyl groups excluding tert-OH is 2. The molecule has 2 amide bonds. The Labute approximate surface area is 235 Å². The molecule has 0 aromatic heterocycles. The van der Waals surface area contributed by atoms with E-state index < -0.39 is 88.3 Å². The summed E-state index contributed by atoms with van der Waals surface area (Å²) in [6, 6.07) is -1.10. The molecule has 0 aromatic rings. The van der Waals surface area contributed by atoms with Gasteiger partial charge in [-0.3, -0.25) is 24.0 Å². The number of amides is 2. The summed E-state index contributed by atoms with van der Waals surface area (Å²) >= 11 is 0. The van der Waals surface area contributed by atoms with Gasteiger partial charge in [-0.2, -0.15) is 0 Å². The lowest BCUT2D eigenvalue weighted by molar-refractivity contribution is -0.180. The maximum Gasteiger partial charge on any atom is 0.343 e. The summed E-state index contributed by atoms with van der Waals surface area (Å²) in [5.41, 5.74) is -8.63. The number of aliphatic hydroxyl groups is 3. The topological polar surface area (TPSA) is 202 Å². The largest absolute Gasteiger partial charge is 0.479 e. The molecule has 0 bridgehead atoms. The van der Waals surface area contributed by atoms with Gasteiger partial charge >= 0.3 is 5.97 Å². The number of nitrogens with one attached hydrogen (secondary N) is 1.